The molecule has 0 bridgehead atoms. The summed E-state index contributed by atoms with van der Waals surface area (Å²) in [5.74, 6) is 0.399. The first-order valence-corrected chi connectivity index (χ1v) is 6.13. The molecule has 5 heteroatoms. The van der Waals surface area contributed by atoms with Crippen LogP contribution in [0.15, 0.2) is 0 Å². The highest BCUT2D eigenvalue weighted by molar-refractivity contribution is 5.78. The second kappa shape index (κ2) is 9.39. The van der Waals surface area contributed by atoms with Gasteiger partial charge >= 0.3 is 0 Å². The fraction of sp³-hybridized carbons (Fsp3) is 0.917. The lowest BCUT2D eigenvalue weighted by atomic mass is 10.1. The largest absolute Gasteiger partial charge is 0.396 e. The third-order valence-electron chi connectivity index (χ3n) is 2.79. The Labute approximate surface area is 104 Å². The van der Waals surface area contributed by atoms with Crippen LogP contribution in [0.2, 0.25) is 0 Å². The molecular formula is C12H26N2O3. The molecule has 2 atom stereocenters. The molecule has 0 aliphatic rings. The zero-order valence-corrected chi connectivity index (χ0v) is 11.3. The monoisotopic (exact) mass is 246 g/mol. The molecule has 0 fully saturated rings. The lowest BCUT2D eigenvalue weighted by molar-refractivity contribution is -0.121. The van der Waals surface area contributed by atoms with E-state index in [-0.39, 0.29) is 31.1 Å². The molecule has 0 saturated heterocycles. The molecule has 102 valence electrons. The zero-order valence-electron chi connectivity index (χ0n) is 11.3. The minimum Gasteiger partial charge on any atom is -0.396 e. The summed E-state index contributed by atoms with van der Waals surface area (Å²) in [6, 6.07) is 0.188. The number of nitrogens with one attached hydrogen (secondary N) is 2. The first-order valence-electron chi connectivity index (χ1n) is 6.13. The van der Waals surface area contributed by atoms with Crippen LogP contribution in [0.25, 0.3) is 0 Å². The van der Waals surface area contributed by atoms with Crippen LogP contribution in [0, 0.1) is 5.92 Å². The Hall–Kier alpha value is -0.650. The molecule has 0 aromatic rings. The van der Waals surface area contributed by atoms with Gasteiger partial charge in [-0.1, -0.05) is 13.8 Å². The molecule has 0 aliphatic carbocycles. The van der Waals surface area contributed by atoms with Gasteiger partial charge in [-0.15, -0.1) is 0 Å². The number of amides is 1. The van der Waals surface area contributed by atoms with Crippen molar-refractivity contribution >= 4 is 5.91 Å². The molecule has 0 heterocycles. The average Bonchev–Trinajstić information content (AvgIpc) is 2.26. The van der Waals surface area contributed by atoms with Gasteiger partial charge in [-0.2, -0.15) is 0 Å². The van der Waals surface area contributed by atoms with Crippen molar-refractivity contribution in [3.63, 3.8) is 0 Å². The molecule has 0 saturated carbocycles. The van der Waals surface area contributed by atoms with E-state index >= 15 is 0 Å². The maximum absolute atomic E-state index is 11.6. The Morgan fingerprint density at radius 2 is 2.00 bits per heavy atom. The lowest BCUT2D eigenvalue weighted by Crippen LogP contribution is -2.45. The summed E-state index contributed by atoms with van der Waals surface area (Å²) in [7, 11) is 1.60. The average molecular weight is 246 g/mol. The predicted molar refractivity (Wildman–Crippen MR) is 67.8 cm³/mol. The van der Waals surface area contributed by atoms with Gasteiger partial charge in [0.2, 0.25) is 5.91 Å². The first kappa shape index (κ1) is 16.4. The van der Waals surface area contributed by atoms with Crippen LogP contribution in [0.3, 0.4) is 0 Å². The number of hydrogen-bond acceptors (Lipinski definition) is 4. The van der Waals surface area contributed by atoms with Crippen molar-refractivity contribution in [3.8, 4) is 0 Å². The molecule has 0 spiro atoms. The number of aliphatic hydroxyl groups is 1. The van der Waals surface area contributed by atoms with E-state index in [2.05, 4.69) is 24.5 Å². The molecule has 0 aromatic heterocycles. The third kappa shape index (κ3) is 8.12. The van der Waals surface area contributed by atoms with E-state index in [1.165, 1.54) is 0 Å². The Kier molecular flexibility index (Phi) is 9.03. The number of carbonyl (C=O) groups excluding carboxylic acids is 1. The second-order valence-electron chi connectivity index (χ2n) is 4.65. The van der Waals surface area contributed by atoms with Crippen molar-refractivity contribution in [2.75, 3.05) is 26.9 Å². The van der Waals surface area contributed by atoms with Crippen molar-refractivity contribution in [2.45, 2.75) is 39.3 Å². The number of hydrogen-bond donors (Lipinski definition) is 3. The van der Waals surface area contributed by atoms with Gasteiger partial charge in [0.05, 0.1) is 13.2 Å². The van der Waals surface area contributed by atoms with Gasteiger partial charge in [0, 0.05) is 25.8 Å². The molecule has 3 N–H and O–H groups in total. The van der Waals surface area contributed by atoms with Crippen molar-refractivity contribution < 1.29 is 14.6 Å². The van der Waals surface area contributed by atoms with Crippen LogP contribution in [0.1, 0.15) is 27.2 Å². The van der Waals surface area contributed by atoms with E-state index < -0.39 is 0 Å². The fourth-order valence-corrected chi connectivity index (χ4v) is 1.31. The third-order valence-corrected chi connectivity index (χ3v) is 2.79. The minimum absolute atomic E-state index is 0.0186. The Morgan fingerprint density at radius 3 is 2.47 bits per heavy atom. The summed E-state index contributed by atoms with van der Waals surface area (Å²) in [6.07, 6.45) is 0.584. The summed E-state index contributed by atoms with van der Waals surface area (Å²) in [5, 5.41) is 14.8. The number of methoxy groups -OCH3 is 1. The summed E-state index contributed by atoms with van der Waals surface area (Å²) >= 11 is 0. The quantitative estimate of drug-likeness (QED) is 0.541. The molecule has 1 amide bonds. The van der Waals surface area contributed by atoms with Crippen LogP contribution in [0.5, 0.6) is 0 Å². The smallest absolute Gasteiger partial charge is 0.234 e. The van der Waals surface area contributed by atoms with E-state index in [1.807, 2.05) is 6.92 Å². The maximum atomic E-state index is 11.6. The molecule has 0 radical (unpaired) electrons. The highest BCUT2D eigenvalue weighted by atomic mass is 16.5. The molecule has 0 aliphatic heterocycles. The highest BCUT2D eigenvalue weighted by Crippen LogP contribution is 1.99. The van der Waals surface area contributed by atoms with Crippen molar-refractivity contribution in [2.24, 2.45) is 5.92 Å². The van der Waals surface area contributed by atoms with Crippen LogP contribution in [-0.2, 0) is 9.53 Å². The molecule has 0 aromatic carbocycles. The number of rotatable bonds is 9. The normalized spacial score (nSPS) is 14.7. The topological polar surface area (TPSA) is 70.6 Å². The molecule has 5 nitrogen and oxygen atoms in total. The van der Waals surface area contributed by atoms with Crippen molar-refractivity contribution in [1.29, 1.82) is 0 Å². The van der Waals surface area contributed by atoms with Gasteiger partial charge in [0.25, 0.3) is 0 Å². The predicted octanol–water partition coefficient (Wildman–Crippen LogP) is 0.134. The Morgan fingerprint density at radius 1 is 1.35 bits per heavy atom. The summed E-state index contributed by atoms with van der Waals surface area (Å²) in [4.78, 5) is 11.6. The van der Waals surface area contributed by atoms with E-state index in [9.17, 15) is 4.79 Å². The van der Waals surface area contributed by atoms with Crippen molar-refractivity contribution in [3.05, 3.63) is 0 Å². The van der Waals surface area contributed by atoms with Gasteiger partial charge in [0.15, 0.2) is 0 Å². The Balaban J connectivity index is 3.87. The SMILES string of the molecule is COCC(CCO)NCC(=O)NC(C)C(C)C. The summed E-state index contributed by atoms with van der Waals surface area (Å²) < 4.78 is 5.00. The first-order chi connectivity index (χ1) is 8.01. The molecular weight excluding hydrogens is 220 g/mol. The van der Waals surface area contributed by atoms with Crippen LogP contribution < -0.4 is 10.6 Å². The van der Waals surface area contributed by atoms with Gasteiger partial charge in [0.1, 0.15) is 0 Å². The number of aliphatic hydroxyl groups excluding tert-OH is 1. The van der Waals surface area contributed by atoms with Gasteiger partial charge in [-0.05, 0) is 19.3 Å². The molecule has 0 rings (SSSR count). The van der Waals surface area contributed by atoms with E-state index in [1.54, 1.807) is 7.11 Å². The van der Waals surface area contributed by atoms with E-state index in [0.29, 0.717) is 18.9 Å². The van der Waals surface area contributed by atoms with Gasteiger partial charge < -0.3 is 20.5 Å². The van der Waals surface area contributed by atoms with E-state index in [0.717, 1.165) is 0 Å². The van der Waals surface area contributed by atoms with Gasteiger partial charge in [-0.3, -0.25) is 4.79 Å². The second-order valence-corrected chi connectivity index (χ2v) is 4.65. The lowest BCUT2D eigenvalue weighted by Gasteiger charge is -2.20. The van der Waals surface area contributed by atoms with E-state index in [4.69, 9.17) is 9.84 Å². The maximum Gasteiger partial charge on any atom is 0.234 e. The summed E-state index contributed by atoms with van der Waals surface area (Å²) in [6.45, 7) is 6.96. The van der Waals surface area contributed by atoms with Crippen LogP contribution >= 0.6 is 0 Å². The van der Waals surface area contributed by atoms with Crippen LogP contribution in [0.4, 0.5) is 0 Å². The Bertz CT molecular complexity index is 204. The van der Waals surface area contributed by atoms with Crippen molar-refractivity contribution in [1.82, 2.24) is 10.6 Å². The van der Waals surface area contributed by atoms with Gasteiger partial charge in [-0.25, -0.2) is 0 Å². The van der Waals surface area contributed by atoms with Crippen LogP contribution in [-0.4, -0.2) is 50.0 Å². The zero-order chi connectivity index (χ0) is 13.3. The summed E-state index contributed by atoms with van der Waals surface area (Å²) in [5.41, 5.74) is 0. The molecule has 17 heavy (non-hydrogen) atoms. The standard InChI is InChI=1S/C12H26N2O3/c1-9(2)10(3)14-12(16)7-13-11(5-6-15)8-17-4/h9-11,13,15H,5-8H2,1-4H3,(H,14,16). The fourth-order valence-electron chi connectivity index (χ4n) is 1.31. The molecule has 2 unspecified atom stereocenters. The highest BCUT2D eigenvalue weighted by Gasteiger charge is 2.13. The minimum atomic E-state index is -0.0229. The number of ether oxygens (including phenoxy) is 1. The number of carbonyl (C=O) groups is 1.